The molecule has 2 rings (SSSR count). The topological polar surface area (TPSA) is 18.5 Å². The van der Waals surface area contributed by atoms with Gasteiger partial charge in [0.05, 0.1) is 9.52 Å². The molecular weight excluding hydrogens is 430 g/mol. The fourth-order valence-corrected chi connectivity index (χ4v) is 5.36. The van der Waals surface area contributed by atoms with E-state index in [-0.39, 0.29) is 26.2 Å². The van der Waals surface area contributed by atoms with Crippen LogP contribution in [0.2, 0.25) is 19.6 Å². The molecule has 2 aliphatic rings. The van der Waals surface area contributed by atoms with Gasteiger partial charge in [-0.1, -0.05) is 34.9 Å². The molecule has 0 spiro atoms. The van der Waals surface area contributed by atoms with Gasteiger partial charge in [0.2, 0.25) is 0 Å². The fraction of sp³-hybridized carbons (Fsp3) is 0.467. The normalized spacial score (nSPS) is 19.0. The Labute approximate surface area is 165 Å². The molecule has 0 aromatic heterocycles. The third-order valence-electron chi connectivity index (χ3n) is 3.54. The Balaban J connectivity index is 0.00000242. The van der Waals surface area contributed by atoms with Crippen LogP contribution >= 0.6 is 23.2 Å². The molecule has 0 aromatic carbocycles. The van der Waals surface area contributed by atoms with Crippen molar-refractivity contribution in [3.05, 3.63) is 43.9 Å². The Kier molecular flexibility index (Phi) is 8.11. The molecule has 120 valence electrons. The van der Waals surface area contributed by atoms with Gasteiger partial charge in [-0.2, -0.15) is 0 Å². The first-order valence-electron chi connectivity index (χ1n) is 7.17. The van der Waals surface area contributed by atoms with Crippen molar-refractivity contribution in [1.82, 2.24) is 0 Å². The molecule has 0 saturated heterocycles. The predicted molar refractivity (Wildman–Crippen MR) is 95.8 cm³/mol. The van der Waals surface area contributed by atoms with Gasteiger partial charge in [0, 0.05) is 49.1 Å². The second-order valence-corrected chi connectivity index (χ2v) is 13.5. The minimum Gasteiger partial charge on any atom is -0.469 e. The third kappa shape index (κ3) is 5.61. The Morgan fingerprint density at radius 3 is 2.23 bits per heavy atom. The van der Waals surface area contributed by atoms with Gasteiger partial charge < -0.3 is 9.16 Å². The van der Waals surface area contributed by atoms with Crippen LogP contribution in [-0.2, 0) is 35.4 Å². The average molecular weight is 453 g/mol. The molecule has 0 aliphatic heterocycles. The predicted octanol–water partition coefficient (Wildman–Crippen LogP) is 4.52. The van der Waals surface area contributed by atoms with E-state index in [9.17, 15) is 0 Å². The van der Waals surface area contributed by atoms with E-state index in [0.29, 0.717) is 6.79 Å². The van der Waals surface area contributed by atoms with Crippen molar-refractivity contribution in [2.24, 2.45) is 0 Å². The molecule has 2 aliphatic carbocycles. The van der Waals surface area contributed by atoms with E-state index < -0.39 is 17.8 Å². The maximum atomic E-state index is 6.38. The molecule has 22 heavy (non-hydrogen) atoms. The van der Waals surface area contributed by atoms with Crippen molar-refractivity contribution in [1.29, 1.82) is 0 Å². The van der Waals surface area contributed by atoms with E-state index in [4.69, 9.17) is 32.4 Å². The van der Waals surface area contributed by atoms with E-state index in [1.54, 1.807) is 0 Å². The summed E-state index contributed by atoms with van der Waals surface area (Å²) >= 11 is 12.7. The average Bonchev–Trinajstić information content (AvgIpc) is 2.87. The van der Waals surface area contributed by atoms with Crippen molar-refractivity contribution in [2.75, 3.05) is 6.79 Å². The summed E-state index contributed by atoms with van der Waals surface area (Å²) in [6, 6.07) is 0. The summed E-state index contributed by atoms with van der Waals surface area (Å²) in [4.78, 5) is 0. The molecule has 0 bridgehead atoms. The van der Waals surface area contributed by atoms with Gasteiger partial charge in [0.15, 0.2) is 15.1 Å². The van der Waals surface area contributed by atoms with Crippen LogP contribution < -0.4 is 0 Å². The van der Waals surface area contributed by atoms with E-state index in [2.05, 4.69) is 38.7 Å². The number of rotatable bonds is 6. The zero-order chi connectivity index (χ0) is 15.6. The number of allylic oxidation sites excluding steroid dienone is 7. The summed E-state index contributed by atoms with van der Waals surface area (Å²) in [5.74, 6) is 0.904. The van der Waals surface area contributed by atoms with Crippen LogP contribution in [0.25, 0.3) is 0 Å². The van der Waals surface area contributed by atoms with E-state index in [0.717, 1.165) is 28.7 Å². The summed E-state index contributed by atoms with van der Waals surface area (Å²) in [6.07, 6.45) is 5.87. The standard InChI is InChI=1S/C15H22Cl2O2Si2.Zr/c1-10-5-6-11(16)14(10)20-15-12(17)7-8-13(15)18-9-19-21(2,3)4;/h5,8H,6-7,9,20H2,1-4H3;. The van der Waals surface area contributed by atoms with Crippen molar-refractivity contribution in [3.8, 4) is 0 Å². The van der Waals surface area contributed by atoms with Crippen molar-refractivity contribution in [2.45, 2.75) is 39.4 Å². The summed E-state index contributed by atoms with van der Waals surface area (Å²) in [5.41, 5.74) is 1.30. The Morgan fingerprint density at radius 1 is 1.09 bits per heavy atom. The molecule has 7 heteroatoms. The van der Waals surface area contributed by atoms with Crippen LogP contribution in [0.1, 0.15) is 19.8 Å². The Hall–Kier alpha value is 0.617. The van der Waals surface area contributed by atoms with E-state index in [1.165, 1.54) is 16.0 Å². The van der Waals surface area contributed by atoms with Crippen molar-refractivity contribution in [3.63, 3.8) is 0 Å². The second-order valence-electron chi connectivity index (χ2n) is 6.33. The van der Waals surface area contributed by atoms with Gasteiger partial charge in [0.25, 0.3) is 0 Å². The van der Waals surface area contributed by atoms with Crippen LogP contribution in [0.15, 0.2) is 43.9 Å². The van der Waals surface area contributed by atoms with Gasteiger partial charge >= 0.3 is 0 Å². The first-order valence-corrected chi connectivity index (χ1v) is 12.8. The number of halogens is 2. The molecule has 0 radical (unpaired) electrons. The van der Waals surface area contributed by atoms with Crippen LogP contribution in [0.3, 0.4) is 0 Å². The third-order valence-corrected chi connectivity index (χ3v) is 8.21. The Bertz CT molecular complexity index is 560. The summed E-state index contributed by atoms with van der Waals surface area (Å²) < 4.78 is 11.6. The second kappa shape index (κ2) is 8.64. The summed E-state index contributed by atoms with van der Waals surface area (Å²) in [7, 11) is -2.25. The van der Waals surface area contributed by atoms with Gasteiger partial charge in [-0.05, 0) is 43.0 Å². The number of hydrogen-bond acceptors (Lipinski definition) is 2. The quantitative estimate of drug-likeness (QED) is 0.436. The minimum atomic E-state index is -1.56. The molecular formula is C15H22Cl2O2Si2Zr. The first-order chi connectivity index (χ1) is 9.78. The molecule has 0 fully saturated rings. The smallest absolute Gasteiger partial charge is 0.188 e. The van der Waals surface area contributed by atoms with E-state index in [1.807, 2.05) is 0 Å². The first kappa shape index (κ1) is 20.7. The SMILES string of the molecule is CC1=CCC(Cl)=C1[SiH2]C1=C(Cl)CC=C1OCO[Si](C)(C)C.[Zr]. The monoisotopic (exact) mass is 450 g/mol. The zero-order valence-electron chi connectivity index (χ0n) is 13.6. The molecule has 0 heterocycles. The van der Waals surface area contributed by atoms with Crippen molar-refractivity contribution >= 4 is 41.0 Å². The zero-order valence-corrected chi connectivity index (χ0v) is 19.9. The van der Waals surface area contributed by atoms with Crippen molar-refractivity contribution < 1.29 is 35.4 Å². The van der Waals surface area contributed by atoms with Gasteiger partial charge in [-0.25, -0.2) is 0 Å². The fourth-order valence-electron chi connectivity index (χ4n) is 2.28. The largest absolute Gasteiger partial charge is 0.469 e. The molecule has 0 unspecified atom stereocenters. The van der Waals surface area contributed by atoms with Gasteiger partial charge in [0.1, 0.15) is 5.76 Å². The van der Waals surface area contributed by atoms with Crippen LogP contribution in [0.5, 0.6) is 0 Å². The van der Waals surface area contributed by atoms with E-state index >= 15 is 0 Å². The summed E-state index contributed by atoms with van der Waals surface area (Å²) in [6.45, 7) is 8.88. The van der Waals surface area contributed by atoms with Gasteiger partial charge in [-0.3, -0.25) is 0 Å². The number of hydrogen-bond donors (Lipinski definition) is 0. The maximum Gasteiger partial charge on any atom is 0.188 e. The molecule has 0 atom stereocenters. The molecule has 0 aromatic rings. The van der Waals surface area contributed by atoms with Gasteiger partial charge in [-0.15, -0.1) is 0 Å². The molecule has 0 amide bonds. The maximum absolute atomic E-state index is 6.38. The van der Waals surface area contributed by atoms with Crippen LogP contribution in [-0.4, -0.2) is 24.6 Å². The number of ether oxygens (including phenoxy) is 1. The van der Waals surface area contributed by atoms with Crippen LogP contribution in [0, 0.1) is 0 Å². The molecule has 0 saturated carbocycles. The summed E-state index contributed by atoms with van der Waals surface area (Å²) in [5, 5.41) is 4.37. The Morgan fingerprint density at radius 2 is 1.68 bits per heavy atom. The molecule has 2 nitrogen and oxygen atoms in total. The molecule has 0 N–H and O–H groups in total. The minimum absolute atomic E-state index is 0. The van der Waals surface area contributed by atoms with Crippen LogP contribution in [0.4, 0.5) is 0 Å².